The summed E-state index contributed by atoms with van der Waals surface area (Å²) in [6.45, 7) is 3.18. The van der Waals surface area contributed by atoms with E-state index in [1.807, 2.05) is 0 Å². The highest BCUT2D eigenvalue weighted by atomic mass is 16.6. The highest BCUT2D eigenvalue weighted by molar-refractivity contribution is 5.85. The number of ether oxygens (including phenoxy) is 6. The molecule has 186 valence electrons. The van der Waals surface area contributed by atoms with E-state index in [2.05, 4.69) is 0 Å². The van der Waals surface area contributed by atoms with Crippen LogP contribution >= 0.6 is 0 Å². The first-order valence-electron chi connectivity index (χ1n) is 10.6. The summed E-state index contributed by atoms with van der Waals surface area (Å²) < 4.78 is 31.9. The molecule has 0 unspecified atom stereocenters. The molecule has 0 aliphatic carbocycles. The number of aromatic hydroxyl groups is 2. The minimum atomic E-state index is -1.43. The second kappa shape index (κ2) is 13.3. The van der Waals surface area contributed by atoms with Gasteiger partial charge in [-0.1, -0.05) is 12.1 Å². The molecule has 2 aromatic rings. The van der Waals surface area contributed by atoms with E-state index in [-0.39, 0.29) is 49.4 Å². The molecule has 34 heavy (non-hydrogen) atoms. The number of phenolic OH excluding ortho intramolecular Hbond substituents is 2. The first-order valence-corrected chi connectivity index (χ1v) is 10.6. The second-order valence-corrected chi connectivity index (χ2v) is 6.98. The number of hydrogen-bond donors (Lipinski definition) is 2. The van der Waals surface area contributed by atoms with Crippen LogP contribution in [0.2, 0.25) is 0 Å². The van der Waals surface area contributed by atoms with Crippen molar-refractivity contribution in [2.45, 2.75) is 39.3 Å². The van der Waals surface area contributed by atoms with Crippen LogP contribution in [0, 0.1) is 0 Å². The van der Waals surface area contributed by atoms with Crippen LogP contribution < -0.4 is 9.47 Å². The molecule has 2 atom stereocenters. The summed E-state index contributed by atoms with van der Waals surface area (Å²) in [4.78, 5) is 25.4. The van der Waals surface area contributed by atoms with Crippen molar-refractivity contribution in [2.75, 3.05) is 27.4 Å². The molecule has 2 N–H and O–H groups in total. The first-order chi connectivity index (χ1) is 16.3. The molecule has 0 amide bonds. The number of benzene rings is 2. The minimum Gasteiger partial charge on any atom is -0.504 e. The van der Waals surface area contributed by atoms with Gasteiger partial charge in [0, 0.05) is 0 Å². The molecule has 10 nitrogen and oxygen atoms in total. The molecule has 0 spiro atoms. The van der Waals surface area contributed by atoms with Crippen molar-refractivity contribution in [1.29, 1.82) is 0 Å². The van der Waals surface area contributed by atoms with Gasteiger partial charge in [-0.2, -0.15) is 0 Å². The highest BCUT2D eigenvalue weighted by Gasteiger charge is 2.38. The normalized spacial score (nSPS) is 12.5. The lowest BCUT2D eigenvalue weighted by molar-refractivity contribution is -0.185. The molecule has 0 heterocycles. The van der Waals surface area contributed by atoms with Crippen molar-refractivity contribution in [1.82, 2.24) is 0 Å². The van der Waals surface area contributed by atoms with E-state index >= 15 is 0 Å². The van der Waals surface area contributed by atoms with E-state index < -0.39 is 24.1 Å². The number of phenols is 2. The molecule has 0 aromatic heterocycles. The average molecular weight is 478 g/mol. The maximum Gasteiger partial charge on any atom is 0.338 e. The lowest BCUT2D eigenvalue weighted by Crippen LogP contribution is -2.45. The third kappa shape index (κ3) is 7.26. The van der Waals surface area contributed by atoms with Crippen molar-refractivity contribution >= 4 is 11.9 Å². The van der Waals surface area contributed by atoms with E-state index in [0.717, 1.165) is 0 Å². The Balaban J connectivity index is 2.26. The summed E-state index contributed by atoms with van der Waals surface area (Å²) in [6, 6.07) is 9.11. The van der Waals surface area contributed by atoms with Crippen LogP contribution in [0.5, 0.6) is 23.0 Å². The minimum absolute atomic E-state index is 0.0507. The van der Waals surface area contributed by atoms with Crippen LogP contribution in [-0.4, -0.2) is 61.8 Å². The van der Waals surface area contributed by atoms with E-state index in [9.17, 15) is 19.8 Å². The van der Waals surface area contributed by atoms with Crippen LogP contribution in [0.1, 0.15) is 25.0 Å². The molecular formula is C24H30O10. The summed E-state index contributed by atoms with van der Waals surface area (Å²) in [7, 11) is 2.81. The predicted octanol–water partition coefficient (Wildman–Crippen LogP) is 2.71. The fraction of sp³-hybridized carbons (Fsp3) is 0.417. The lowest BCUT2D eigenvalue weighted by atomic mass is 10.1. The highest BCUT2D eigenvalue weighted by Crippen LogP contribution is 2.28. The maximum atomic E-state index is 12.7. The van der Waals surface area contributed by atoms with Crippen molar-refractivity contribution in [2.24, 2.45) is 0 Å². The van der Waals surface area contributed by atoms with Gasteiger partial charge in [0.2, 0.25) is 0 Å². The quantitative estimate of drug-likeness (QED) is 0.414. The summed E-state index contributed by atoms with van der Waals surface area (Å²) in [5, 5.41) is 19.6. The predicted molar refractivity (Wildman–Crippen MR) is 120 cm³/mol. The van der Waals surface area contributed by atoms with Crippen LogP contribution in [0.25, 0.3) is 0 Å². The van der Waals surface area contributed by atoms with Gasteiger partial charge >= 0.3 is 11.9 Å². The summed E-state index contributed by atoms with van der Waals surface area (Å²) >= 11 is 0. The third-order valence-corrected chi connectivity index (χ3v) is 4.66. The Hall–Kier alpha value is -3.50. The van der Waals surface area contributed by atoms with Gasteiger partial charge in [-0.15, -0.1) is 0 Å². The zero-order valence-electron chi connectivity index (χ0n) is 19.6. The molecule has 0 saturated carbocycles. The van der Waals surface area contributed by atoms with Gasteiger partial charge in [0.05, 0.1) is 40.6 Å². The van der Waals surface area contributed by atoms with Gasteiger partial charge in [0.1, 0.15) is 0 Å². The summed E-state index contributed by atoms with van der Waals surface area (Å²) in [5.41, 5.74) is 1.16. The number of carbonyl (C=O) groups excluding carboxylic acids is 2. The second-order valence-electron chi connectivity index (χ2n) is 6.98. The molecule has 10 heteroatoms. The number of rotatable bonds is 13. The largest absolute Gasteiger partial charge is 0.504 e. The molecule has 0 bridgehead atoms. The molecule has 2 aromatic carbocycles. The Kier molecular flexibility index (Phi) is 10.4. The van der Waals surface area contributed by atoms with Crippen LogP contribution in [0.4, 0.5) is 0 Å². The fourth-order valence-electron chi connectivity index (χ4n) is 3.00. The number of esters is 2. The molecule has 0 saturated heterocycles. The number of hydrogen-bond acceptors (Lipinski definition) is 10. The lowest BCUT2D eigenvalue weighted by Gasteiger charge is -2.25. The van der Waals surface area contributed by atoms with Crippen molar-refractivity contribution in [3.63, 3.8) is 0 Å². The van der Waals surface area contributed by atoms with Gasteiger partial charge in [-0.05, 0) is 49.2 Å². The first kappa shape index (κ1) is 26.7. The molecule has 0 fully saturated rings. The maximum absolute atomic E-state index is 12.7. The van der Waals surface area contributed by atoms with Gasteiger partial charge < -0.3 is 38.6 Å². The van der Waals surface area contributed by atoms with Crippen molar-refractivity contribution in [3.8, 4) is 23.0 Å². The molecule has 0 aliphatic heterocycles. The Morgan fingerprint density at radius 3 is 1.44 bits per heavy atom. The summed E-state index contributed by atoms with van der Waals surface area (Å²) in [5.74, 6) is -1.24. The van der Waals surface area contributed by atoms with Gasteiger partial charge in [0.25, 0.3) is 0 Å². The number of carbonyl (C=O) groups is 2. The van der Waals surface area contributed by atoms with Crippen molar-refractivity contribution in [3.05, 3.63) is 47.5 Å². The Morgan fingerprint density at radius 1 is 0.735 bits per heavy atom. The van der Waals surface area contributed by atoms with Crippen LogP contribution in [-0.2, 0) is 41.8 Å². The van der Waals surface area contributed by atoms with Gasteiger partial charge in [-0.3, -0.25) is 0 Å². The molecule has 0 aliphatic rings. The van der Waals surface area contributed by atoms with E-state index in [1.165, 1.54) is 26.4 Å². The fourth-order valence-corrected chi connectivity index (χ4v) is 3.00. The van der Waals surface area contributed by atoms with E-state index in [4.69, 9.17) is 28.4 Å². The van der Waals surface area contributed by atoms with Gasteiger partial charge in [-0.25, -0.2) is 9.59 Å². The summed E-state index contributed by atoms with van der Waals surface area (Å²) in [6.07, 6.45) is -2.87. The topological polar surface area (TPSA) is 130 Å². The van der Waals surface area contributed by atoms with Crippen LogP contribution in [0.3, 0.4) is 0 Å². The monoisotopic (exact) mass is 478 g/mol. The van der Waals surface area contributed by atoms with E-state index in [1.54, 1.807) is 38.1 Å². The standard InChI is InChI=1S/C24H30O10/c1-5-31-23(27)21(33-13-15-7-9-17(25)19(11-15)29-3)22(24(28)32-6-2)34-14-16-8-10-18(26)20(12-16)30-4/h7-12,21-22,25-26H,5-6,13-14H2,1-4H3/t21-,22-/m1/s1. The zero-order valence-corrected chi connectivity index (χ0v) is 19.6. The Bertz CT molecular complexity index is 881. The average Bonchev–Trinajstić information content (AvgIpc) is 2.83. The van der Waals surface area contributed by atoms with Gasteiger partial charge in [0.15, 0.2) is 35.2 Å². The SMILES string of the molecule is CCOC(=O)[C@H](OCc1ccc(O)c(OC)c1)[C@@H](OCc1ccc(O)c(OC)c1)C(=O)OCC. The Morgan fingerprint density at radius 2 is 1.12 bits per heavy atom. The van der Waals surface area contributed by atoms with E-state index in [0.29, 0.717) is 11.1 Å². The number of methoxy groups -OCH3 is 2. The smallest absolute Gasteiger partial charge is 0.338 e. The molecule has 2 rings (SSSR count). The molecular weight excluding hydrogens is 448 g/mol. The zero-order chi connectivity index (χ0) is 25.1. The van der Waals surface area contributed by atoms with Crippen molar-refractivity contribution < 1.29 is 48.2 Å². The third-order valence-electron chi connectivity index (χ3n) is 4.66. The van der Waals surface area contributed by atoms with Crippen LogP contribution in [0.15, 0.2) is 36.4 Å². The Labute approximate surface area is 197 Å². The molecule has 0 radical (unpaired) electrons.